The Morgan fingerprint density at radius 3 is 2.67 bits per heavy atom. The molecule has 0 amide bonds. The maximum atomic E-state index is 5.58. The first-order chi connectivity index (χ1) is 7.22. The molecule has 0 aromatic heterocycles. The Labute approximate surface area is 94.4 Å². The van der Waals surface area contributed by atoms with Crippen LogP contribution in [0.4, 0.5) is 0 Å². The first kappa shape index (κ1) is 12.9. The van der Waals surface area contributed by atoms with Crippen LogP contribution in [0.25, 0.3) is 0 Å². The average molecular weight is 213 g/mol. The monoisotopic (exact) mass is 213 g/mol. The number of hydrogen-bond donors (Lipinski definition) is 2. The van der Waals surface area contributed by atoms with Crippen LogP contribution in [0.15, 0.2) is 0 Å². The van der Waals surface area contributed by atoms with E-state index in [9.17, 15) is 0 Å². The fourth-order valence-electron chi connectivity index (χ4n) is 2.04. The number of nitrogens with zero attached hydrogens (tertiary/aromatic N) is 1. The van der Waals surface area contributed by atoms with Crippen molar-refractivity contribution in [2.24, 2.45) is 17.6 Å². The summed E-state index contributed by atoms with van der Waals surface area (Å²) in [6.07, 6.45) is 3.93. The largest absolute Gasteiger partial charge is 0.330 e. The summed E-state index contributed by atoms with van der Waals surface area (Å²) in [6, 6.07) is 0. The first-order valence-corrected chi connectivity index (χ1v) is 6.31. The standard InChI is InChI=1S/C12H27N3/c1-11(9-13)3-6-14-10-12-4-7-15(2)8-5-12/h11-12,14H,3-10,13H2,1-2H3. The quantitative estimate of drug-likeness (QED) is 0.644. The van der Waals surface area contributed by atoms with Crippen LogP contribution < -0.4 is 11.1 Å². The molecule has 0 aliphatic carbocycles. The molecule has 1 atom stereocenters. The summed E-state index contributed by atoms with van der Waals surface area (Å²) in [5.41, 5.74) is 5.58. The number of likely N-dealkylation sites (tertiary alicyclic amines) is 1. The summed E-state index contributed by atoms with van der Waals surface area (Å²) >= 11 is 0. The summed E-state index contributed by atoms with van der Waals surface area (Å²) in [6.45, 7) is 7.90. The normalized spacial score (nSPS) is 21.8. The molecule has 0 spiro atoms. The van der Waals surface area contributed by atoms with E-state index in [4.69, 9.17) is 5.73 Å². The predicted octanol–water partition coefficient (Wildman–Crippen LogP) is 0.903. The summed E-state index contributed by atoms with van der Waals surface area (Å²) in [5, 5.41) is 3.56. The molecule has 90 valence electrons. The van der Waals surface area contributed by atoms with Crippen molar-refractivity contribution in [3.63, 3.8) is 0 Å². The van der Waals surface area contributed by atoms with Gasteiger partial charge in [0.05, 0.1) is 0 Å². The predicted molar refractivity (Wildman–Crippen MR) is 65.9 cm³/mol. The van der Waals surface area contributed by atoms with E-state index in [-0.39, 0.29) is 0 Å². The lowest BCUT2D eigenvalue weighted by molar-refractivity contribution is 0.215. The molecule has 1 saturated heterocycles. The molecule has 3 heteroatoms. The molecular formula is C12H27N3. The Balaban J connectivity index is 1.96. The maximum Gasteiger partial charge on any atom is -0.00187 e. The minimum Gasteiger partial charge on any atom is -0.330 e. The van der Waals surface area contributed by atoms with Gasteiger partial charge in [-0.3, -0.25) is 0 Å². The van der Waals surface area contributed by atoms with E-state index in [1.165, 1.54) is 38.9 Å². The third kappa shape index (κ3) is 5.50. The third-order valence-electron chi connectivity index (χ3n) is 3.49. The summed E-state index contributed by atoms with van der Waals surface area (Å²) < 4.78 is 0. The van der Waals surface area contributed by atoms with E-state index < -0.39 is 0 Å². The molecule has 0 aromatic carbocycles. The maximum absolute atomic E-state index is 5.58. The van der Waals surface area contributed by atoms with Crippen molar-refractivity contribution in [3.05, 3.63) is 0 Å². The summed E-state index contributed by atoms with van der Waals surface area (Å²) in [4.78, 5) is 2.42. The molecule has 0 saturated carbocycles. The number of rotatable bonds is 6. The minimum atomic E-state index is 0.662. The van der Waals surface area contributed by atoms with Crippen molar-refractivity contribution < 1.29 is 0 Å². The van der Waals surface area contributed by atoms with Crippen LogP contribution >= 0.6 is 0 Å². The zero-order valence-corrected chi connectivity index (χ0v) is 10.3. The smallest absolute Gasteiger partial charge is 0.00187 e. The van der Waals surface area contributed by atoms with E-state index in [1.807, 2.05) is 0 Å². The van der Waals surface area contributed by atoms with E-state index >= 15 is 0 Å². The molecule has 15 heavy (non-hydrogen) atoms. The molecule has 1 heterocycles. The molecule has 1 rings (SSSR count). The highest BCUT2D eigenvalue weighted by Gasteiger charge is 2.15. The van der Waals surface area contributed by atoms with Crippen molar-refractivity contribution in [2.75, 3.05) is 39.8 Å². The van der Waals surface area contributed by atoms with Gasteiger partial charge in [-0.1, -0.05) is 6.92 Å². The van der Waals surface area contributed by atoms with E-state index in [1.54, 1.807) is 0 Å². The van der Waals surface area contributed by atoms with Gasteiger partial charge in [0.15, 0.2) is 0 Å². The van der Waals surface area contributed by atoms with Crippen LogP contribution in [0, 0.1) is 11.8 Å². The van der Waals surface area contributed by atoms with E-state index in [0.29, 0.717) is 5.92 Å². The average Bonchev–Trinajstić information content (AvgIpc) is 2.26. The molecule has 0 radical (unpaired) electrons. The van der Waals surface area contributed by atoms with Gasteiger partial charge in [0, 0.05) is 0 Å². The second kappa shape index (κ2) is 7.20. The van der Waals surface area contributed by atoms with Gasteiger partial charge >= 0.3 is 0 Å². The van der Waals surface area contributed by atoms with Gasteiger partial charge in [-0.15, -0.1) is 0 Å². The van der Waals surface area contributed by atoms with Gasteiger partial charge in [-0.2, -0.15) is 0 Å². The lowest BCUT2D eigenvalue weighted by Gasteiger charge is -2.29. The second-order valence-electron chi connectivity index (χ2n) is 5.08. The van der Waals surface area contributed by atoms with Crippen molar-refractivity contribution in [1.82, 2.24) is 10.2 Å². The fourth-order valence-corrected chi connectivity index (χ4v) is 2.04. The minimum absolute atomic E-state index is 0.662. The van der Waals surface area contributed by atoms with Crippen molar-refractivity contribution in [3.8, 4) is 0 Å². The van der Waals surface area contributed by atoms with Crippen LogP contribution in [-0.4, -0.2) is 44.7 Å². The molecule has 3 N–H and O–H groups in total. The van der Waals surface area contributed by atoms with Crippen molar-refractivity contribution in [2.45, 2.75) is 26.2 Å². The Kier molecular flexibility index (Phi) is 6.22. The second-order valence-corrected chi connectivity index (χ2v) is 5.08. The zero-order chi connectivity index (χ0) is 11.1. The summed E-state index contributed by atoms with van der Waals surface area (Å²) in [5.74, 6) is 1.56. The molecule has 1 aliphatic rings. The first-order valence-electron chi connectivity index (χ1n) is 6.31. The fraction of sp³-hybridized carbons (Fsp3) is 1.00. The molecule has 1 unspecified atom stereocenters. The van der Waals surface area contributed by atoms with Crippen LogP contribution in [0.5, 0.6) is 0 Å². The molecule has 0 aromatic rings. The van der Waals surface area contributed by atoms with Crippen molar-refractivity contribution >= 4 is 0 Å². The number of nitrogens with one attached hydrogen (secondary N) is 1. The lowest BCUT2D eigenvalue weighted by atomic mass is 9.97. The number of nitrogens with two attached hydrogens (primary N) is 1. The Morgan fingerprint density at radius 1 is 1.40 bits per heavy atom. The topological polar surface area (TPSA) is 41.3 Å². The molecule has 0 bridgehead atoms. The van der Waals surface area contributed by atoms with Crippen LogP contribution in [0.1, 0.15) is 26.2 Å². The highest BCUT2D eigenvalue weighted by Crippen LogP contribution is 2.14. The van der Waals surface area contributed by atoms with E-state index in [2.05, 4.69) is 24.2 Å². The van der Waals surface area contributed by atoms with Gasteiger partial charge < -0.3 is 16.0 Å². The SMILES string of the molecule is CC(CN)CCNCC1CCN(C)CC1. The Bertz CT molecular complexity index is 153. The molecule has 1 fully saturated rings. The van der Waals surface area contributed by atoms with Gasteiger partial charge in [0.2, 0.25) is 0 Å². The molecule has 3 nitrogen and oxygen atoms in total. The third-order valence-corrected chi connectivity index (χ3v) is 3.49. The molecule has 1 aliphatic heterocycles. The van der Waals surface area contributed by atoms with Gasteiger partial charge in [-0.05, 0) is 70.9 Å². The van der Waals surface area contributed by atoms with Crippen LogP contribution in [-0.2, 0) is 0 Å². The van der Waals surface area contributed by atoms with Crippen LogP contribution in [0.2, 0.25) is 0 Å². The highest BCUT2D eigenvalue weighted by molar-refractivity contribution is 4.71. The van der Waals surface area contributed by atoms with Gasteiger partial charge in [0.25, 0.3) is 0 Å². The molecular weight excluding hydrogens is 186 g/mol. The van der Waals surface area contributed by atoms with E-state index in [0.717, 1.165) is 19.0 Å². The van der Waals surface area contributed by atoms with Gasteiger partial charge in [-0.25, -0.2) is 0 Å². The number of hydrogen-bond acceptors (Lipinski definition) is 3. The van der Waals surface area contributed by atoms with Crippen LogP contribution in [0.3, 0.4) is 0 Å². The number of piperidine rings is 1. The lowest BCUT2D eigenvalue weighted by Crippen LogP contribution is -2.35. The Morgan fingerprint density at radius 2 is 2.07 bits per heavy atom. The van der Waals surface area contributed by atoms with Gasteiger partial charge in [0.1, 0.15) is 0 Å². The highest BCUT2D eigenvalue weighted by atomic mass is 15.1. The zero-order valence-electron chi connectivity index (χ0n) is 10.3. The summed E-state index contributed by atoms with van der Waals surface area (Å²) in [7, 11) is 2.21. The van der Waals surface area contributed by atoms with Crippen molar-refractivity contribution in [1.29, 1.82) is 0 Å². The Hall–Kier alpha value is -0.120.